The van der Waals surface area contributed by atoms with Gasteiger partial charge in [-0.1, -0.05) is 54.2 Å². The topological polar surface area (TPSA) is 77.2 Å². The number of methoxy groups -OCH3 is 1. The predicted molar refractivity (Wildman–Crippen MR) is 106 cm³/mol. The molecule has 1 N–H and O–H groups in total. The van der Waals surface area contributed by atoms with Gasteiger partial charge in [0.05, 0.1) is 18.9 Å². The molecule has 1 heterocycles. The molecule has 1 saturated carbocycles. The number of aromatic nitrogens is 2. The summed E-state index contributed by atoms with van der Waals surface area (Å²) in [4.78, 5) is 12.6. The zero-order chi connectivity index (χ0) is 19.3. The summed E-state index contributed by atoms with van der Waals surface area (Å²) in [5, 5.41) is 11.6. The van der Waals surface area contributed by atoms with Crippen molar-refractivity contribution in [2.45, 2.75) is 30.0 Å². The Morgan fingerprint density at radius 1 is 1.14 bits per heavy atom. The Bertz CT molecular complexity index is 924. The number of amides is 1. The standard InChI is InChI=1S/C21H21N3O3S/c1-26-17-11-9-15(10-12-17)19(14-5-3-2-4-6-14)22-18(25)13-28-21-24-23-20(27-21)16-7-8-16/h2-6,9-12,16,19H,7-8,13H2,1H3,(H,22,25)/t19-/m0/s1. The second kappa shape index (κ2) is 8.48. The van der Waals surface area contributed by atoms with Crippen molar-refractivity contribution in [1.82, 2.24) is 15.5 Å². The molecule has 144 valence electrons. The first-order valence-electron chi connectivity index (χ1n) is 9.17. The van der Waals surface area contributed by atoms with E-state index in [0.29, 0.717) is 17.0 Å². The second-order valence-corrected chi connectivity index (χ2v) is 7.58. The third-order valence-electron chi connectivity index (χ3n) is 4.56. The molecular weight excluding hydrogens is 374 g/mol. The van der Waals surface area contributed by atoms with E-state index in [1.807, 2.05) is 54.6 Å². The maximum absolute atomic E-state index is 12.6. The Labute approximate surface area is 167 Å². The van der Waals surface area contributed by atoms with Gasteiger partial charge in [0, 0.05) is 5.92 Å². The fourth-order valence-electron chi connectivity index (χ4n) is 2.90. The lowest BCUT2D eigenvalue weighted by Crippen LogP contribution is -2.30. The highest BCUT2D eigenvalue weighted by Gasteiger charge is 2.29. The normalized spacial score (nSPS) is 14.5. The largest absolute Gasteiger partial charge is 0.497 e. The van der Waals surface area contributed by atoms with E-state index in [-0.39, 0.29) is 17.7 Å². The van der Waals surface area contributed by atoms with Crippen LogP contribution in [-0.2, 0) is 4.79 Å². The van der Waals surface area contributed by atoms with E-state index in [4.69, 9.17) is 9.15 Å². The minimum atomic E-state index is -0.245. The zero-order valence-corrected chi connectivity index (χ0v) is 16.3. The van der Waals surface area contributed by atoms with E-state index in [1.54, 1.807) is 7.11 Å². The second-order valence-electron chi connectivity index (χ2n) is 6.65. The molecule has 6 nitrogen and oxygen atoms in total. The van der Waals surface area contributed by atoms with Crippen LogP contribution in [-0.4, -0.2) is 29.0 Å². The molecule has 1 aromatic heterocycles. The van der Waals surface area contributed by atoms with Crippen LogP contribution < -0.4 is 10.1 Å². The number of benzene rings is 2. The SMILES string of the molecule is COc1ccc([C@@H](NC(=O)CSc2nnc(C3CC3)o2)c2ccccc2)cc1. The fourth-order valence-corrected chi connectivity index (χ4v) is 3.49. The van der Waals surface area contributed by atoms with Gasteiger partial charge in [0.1, 0.15) is 5.75 Å². The van der Waals surface area contributed by atoms with Gasteiger partial charge in [0.15, 0.2) is 0 Å². The first kappa shape index (κ1) is 18.6. The Hall–Kier alpha value is -2.80. The average molecular weight is 395 g/mol. The molecule has 0 aliphatic heterocycles. The first-order chi connectivity index (χ1) is 13.7. The Balaban J connectivity index is 1.44. The van der Waals surface area contributed by atoms with Gasteiger partial charge in [-0.3, -0.25) is 4.79 Å². The molecule has 2 aromatic carbocycles. The summed E-state index contributed by atoms with van der Waals surface area (Å²) in [5.74, 6) is 1.99. The summed E-state index contributed by atoms with van der Waals surface area (Å²) >= 11 is 1.26. The summed E-state index contributed by atoms with van der Waals surface area (Å²) in [7, 11) is 1.63. The van der Waals surface area contributed by atoms with Crippen molar-refractivity contribution < 1.29 is 13.9 Å². The maximum Gasteiger partial charge on any atom is 0.277 e. The molecule has 28 heavy (non-hydrogen) atoms. The number of carbonyl (C=O) groups excluding carboxylic acids is 1. The van der Waals surface area contributed by atoms with Gasteiger partial charge in [-0.25, -0.2) is 0 Å². The van der Waals surface area contributed by atoms with Crippen molar-refractivity contribution >= 4 is 17.7 Å². The first-order valence-corrected chi connectivity index (χ1v) is 10.2. The highest BCUT2D eigenvalue weighted by atomic mass is 32.2. The smallest absolute Gasteiger partial charge is 0.277 e. The van der Waals surface area contributed by atoms with E-state index in [1.165, 1.54) is 11.8 Å². The predicted octanol–water partition coefficient (Wildman–Crippen LogP) is 3.95. The van der Waals surface area contributed by atoms with E-state index >= 15 is 0 Å². The lowest BCUT2D eigenvalue weighted by Gasteiger charge is -2.20. The quantitative estimate of drug-likeness (QED) is 0.582. The minimum Gasteiger partial charge on any atom is -0.497 e. The Morgan fingerprint density at radius 3 is 2.54 bits per heavy atom. The molecule has 4 rings (SSSR count). The number of thioether (sulfide) groups is 1. The van der Waals surface area contributed by atoms with Crippen LogP contribution in [0, 0.1) is 0 Å². The van der Waals surface area contributed by atoms with Crippen molar-refractivity contribution in [2.24, 2.45) is 0 Å². The number of rotatable bonds is 8. The van der Waals surface area contributed by atoms with Crippen LogP contribution in [0.5, 0.6) is 5.75 Å². The molecule has 7 heteroatoms. The lowest BCUT2D eigenvalue weighted by molar-refractivity contribution is -0.119. The molecule has 1 amide bonds. The van der Waals surface area contributed by atoms with E-state index in [2.05, 4.69) is 15.5 Å². The molecule has 1 aliphatic rings. The van der Waals surface area contributed by atoms with Crippen LogP contribution in [0.2, 0.25) is 0 Å². The molecule has 0 unspecified atom stereocenters. The van der Waals surface area contributed by atoms with Gasteiger partial charge < -0.3 is 14.5 Å². The van der Waals surface area contributed by atoms with Crippen molar-refractivity contribution in [1.29, 1.82) is 0 Å². The number of hydrogen-bond acceptors (Lipinski definition) is 6. The number of ether oxygens (including phenoxy) is 1. The number of nitrogens with one attached hydrogen (secondary N) is 1. The van der Waals surface area contributed by atoms with Crippen LogP contribution >= 0.6 is 11.8 Å². The molecule has 1 aliphatic carbocycles. The zero-order valence-electron chi connectivity index (χ0n) is 15.5. The number of nitrogens with zero attached hydrogens (tertiary/aromatic N) is 2. The molecule has 0 bridgehead atoms. The summed E-state index contributed by atoms with van der Waals surface area (Å²) in [5.41, 5.74) is 2.00. The third kappa shape index (κ3) is 4.54. The van der Waals surface area contributed by atoms with Gasteiger partial charge in [0.2, 0.25) is 11.8 Å². The highest BCUT2D eigenvalue weighted by molar-refractivity contribution is 7.99. The van der Waals surface area contributed by atoms with Crippen LogP contribution in [0.25, 0.3) is 0 Å². The Morgan fingerprint density at radius 2 is 1.86 bits per heavy atom. The van der Waals surface area contributed by atoms with Gasteiger partial charge in [-0.15, -0.1) is 10.2 Å². The van der Waals surface area contributed by atoms with Crippen LogP contribution in [0.4, 0.5) is 0 Å². The maximum atomic E-state index is 12.6. The van der Waals surface area contributed by atoms with Gasteiger partial charge >= 0.3 is 0 Å². The summed E-state index contributed by atoms with van der Waals surface area (Å²) in [6.07, 6.45) is 2.21. The molecule has 1 atom stereocenters. The fraction of sp³-hybridized carbons (Fsp3) is 0.286. The van der Waals surface area contributed by atoms with Crippen molar-refractivity contribution in [3.05, 3.63) is 71.6 Å². The third-order valence-corrected chi connectivity index (χ3v) is 5.38. The van der Waals surface area contributed by atoms with Gasteiger partial charge in [0.25, 0.3) is 5.22 Å². The summed E-state index contributed by atoms with van der Waals surface area (Å²) < 4.78 is 10.8. The minimum absolute atomic E-state index is 0.0964. The van der Waals surface area contributed by atoms with E-state index in [9.17, 15) is 4.79 Å². The average Bonchev–Trinajstić information content (AvgIpc) is 3.49. The summed E-state index contributed by atoms with van der Waals surface area (Å²) in [6, 6.07) is 17.4. The summed E-state index contributed by atoms with van der Waals surface area (Å²) in [6.45, 7) is 0. The highest BCUT2D eigenvalue weighted by Crippen LogP contribution is 2.39. The van der Waals surface area contributed by atoms with Crippen molar-refractivity contribution in [3.8, 4) is 5.75 Å². The number of carbonyl (C=O) groups is 1. The molecule has 0 saturated heterocycles. The van der Waals surface area contributed by atoms with Gasteiger partial charge in [-0.05, 0) is 36.1 Å². The molecule has 1 fully saturated rings. The molecule has 0 spiro atoms. The van der Waals surface area contributed by atoms with Crippen molar-refractivity contribution in [2.75, 3.05) is 12.9 Å². The van der Waals surface area contributed by atoms with E-state index < -0.39 is 0 Å². The van der Waals surface area contributed by atoms with Crippen LogP contribution in [0.15, 0.2) is 64.2 Å². The monoisotopic (exact) mass is 395 g/mol. The molecule has 0 radical (unpaired) electrons. The van der Waals surface area contributed by atoms with Crippen LogP contribution in [0.3, 0.4) is 0 Å². The molecule has 3 aromatic rings. The van der Waals surface area contributed by atoms with Crippen molar-refractivity contribution in [3.63, 3.8) is 0 Å². The van der Waals surface area contributed by atoms with E-state index in [0.717, 1.165) is 29.7 Å². The molecular formula is C21H21N3O3S. The van der Waals surface area contributed by atoms with Gasteiger partial charge in [-0.2, -0.15) is 0 Å². The number of hydrogen-bond donors (Lipinski definition) is 1. The van der Waals surface area contributed by atoms with Crippen LogP contribution in [0.1, 0.15) is 41.8 Å². The lowest BCUT2D eigenvalue weighted by atomic mass is 9.98. The Kier molecular flexibility index (Phi) is 5.62.